The maximum Gasteiger partial charge on any atom is 0.0742 e. The second-order valence-electron chi connectivity index (χ2n) is 20.3. The first-order valence-corrected chi connectivity index (χ1v) is 26.5. The number of aryl methyl sites for hydroxylation is 2. The minimum absolute atomic E-state index is 0.716. The Kier molecular flexibility index (Phi) is 12.5. The van der Waals surface area contributed by atoms with Crippen LogP contribution in [0.15, 0.2) is 261 Å². The van der Waals surface area contributed by atoms with Crippen molar-refractivity contribution >= 4 is 51.2 Å². The van der Waals surface area contributed by atoms with Crippen LogP contribution < -0.4 is 14.7 Å². The van der Waals surface area contributed by atoms with Gasteiger partial charge >= 0.3 is 0 Å². The van der Waals surface area contributed by atoms with Gasteiger partial charge in [0.15, 0.2) is 0 Å². The van der Waals surface area contributed by atoms with Crippen molar-refractivity contribution in [2.75, 3.05) is 14.7 Å². The van der Waals surface area contributed by atoms with Crippen molar-refractivity contribution in [3.63, 3.8) is 0 Å². The van der Waals surface area contributed by atoms with E-state index in [9.17, 15) is 0 Å². The lowest BCUT2D eigenvalue weighted by molar-refractivity contribution is 0.731. The van der Waals surface area contributed by atoms with Crippen LogP contribution in [0, 0.1) is 41.5 Å². The van der Waals surface area contributed by atoms with Crippen LogP contribution >= 0.6 is 0 Å². The summed E-state index contributed by atoms with van der Waals surface area (Å²) in [7, 11) is 0. The number of fused-ring (bicyclic) bond motifs is 2. The number of anilines is 9. The summed E-state index contributed by atoms with van der Waals surface area (Å²) in [4.78, 5) is 7.30. The number of hydrogen-bond donors (Lipinski definition) is 0. The van der Waals surface area contributed by atoms with Gasteiger partial charge in [0.05, 0.1) is 16.8 Å². The Labute approximate surface area is 449 Å². The molecule has 11 aromatic rings. The minimum atomic E-state index is -0.716. The van der Waals surface area contributed by atoms with Crippen molar-refractivity contribution in [3.8, 4) is 22.3 Å². The summed E-state index contributed by atoms with van der Waals surface area (Å²) >= 11 is 0. The summed E-state index contributed by atoms with van der Waals surface area (Å²) < 4.78 is 0. The second-order valence-corrected chi connectivity index (χ2v) is 20.3. The molecule has 1 aliphatic rings. The number of rotatable bonds is 11. The van der Waals surface area contributed by atoms with Gasteiger partial charge < -0.3 is 14.7 Å². The number of para-hydroxylation sites is 3. The van der Waals surface area contributed by atoms with Crippen LogP contribution in [0.2, 0.25) is 0 Å². The van der Waals surface area contributed by atoms with E-state index in [4.69, 9.17) is 0 Å². The van der Waals surface area contributed by atoms with Gasteiger partial charge in [-0.25, -0.2) is 0 Å². The van der Waals surface area contributed by atoms with E-state index >= 15 is 0 Å². The van der Waals surface area contributed by atoms with Gasteiger partial charge in [-0.3, -0.25) is 0 Å². The van der Waals surface area contributed by atoms with E-state index in [-0.39, 0.29) is 0 Å². The molecule has 0 fully saturated rings. The SMILES string of the molecule is Cc1ccc(N(c2ccc(-c3ccccc3)cc2)c2ccc(C3(c4ccc(N(c5ccc(-c6ccccc6)cc5)c5ccc(C)c(C)c5C)cc4)c4ccccc4N(c4ccccc4)c4ccccc43)cc2)c(C)c1C. The zero-order chi connectivity index (χ0) is 51.9. The van der Waals surface area contributed by atoms with Crippen molar-refractivity contribution < 1.29 is 0 Å². The van der Waals surface area contributed by atoms with Crippen molar-refractivity contribution in [2.24, 2.45) is 0 Å². The molecule has 3 nitrogen and oxygen atoms in total. The van der Waals surface area contributed by atoms with E-state index in [2.05, 4.69) is 317 Å². The highest BCUT2D eigenvalue weighted by molar-refractivity contribution is 5.91. The normalized spacial score (nSPS) is 12.4. The summed E-state index contributed by atoms with van der Waals surface area (Å²) in [5, 5.41) is 0. The molecule has 76 heavy (non-hydrogen) atoms. The highest BCUT2D eigenvalue weighted by Gasteiger charge is 2.46. The number of hydrogen-bond acceptors (Lipinski definition) is 3. The molecular weight excluding hydrogens is 919 g/mol. The van der Waals surface area contributed by atoms with Crippen molar-refractivity contribution in [1.29, 1.82) is 0 Å². The maximum atomic E-state index is 2.44. The molecule has 0 spiro atoms. The Bertz CT molecular complexity index is 3610. The van der Waals surface area contributed by atoms with Crippen LogP contribution in [-0.2, 0) is 5.41 Å². The van der Waals surface area contributed by atoms with Crippen LogP contribution in [0.1, 0.15) is 55.6 Å². The zero-order valence-electron chi connectivity index (χ0n) is 44.2. The van der Waals surface area contributed by atoms with Crippen molar-refractivity contribution in [3.05, 3.63) is 316 Å². The first-order valence-electron chi connectivity index (χ1n) is 26.5. The fourth-order valence-corrected chi connectivity index (χ4v) is 11.7. The Balaban J connectivity index is 1.05. The third-order valence-corrected chi connectivity index (χ3v) is 16.2. The smallest absolute Gasteiger partial charge is 0.0742 e. The predicted molar refractivity (Wildman–Crippen MR) is 322 cm³/mol. The fourth-order valence-electron chi connectivity index (χ4n) is 11.7. The lowest BCUT2D eigenvalue weighted by atomic mass is 9.62. The van der Waals surface area contributed by atoms with E-state index in [1.54, 1.807) is 0 Å². The van der Waals surface area contributed by atoms with Crippen LogP contribution in [0.25, 0.3) is 22.3 Å². The fraction of sp³-hybridized carbons (Fsp3) is 0.0959. The molecule has 0 saturated heterocycles. The standard InChI is InChI=1S/C73H61N3/c1-50-30-48-69(54(5)52(50)3)74(63-40-32-58(33-41-63)56-20-10-7-11-21-56)65-44-36-60(37-45-65)73(67-26-16-18-28-71(67)76(62-24-14-9-15-25-62)72-29-19-17-27-68(72)73)61-38-46-66(47-39-61)75(70-49-31-51(2)53(4)55(70)6)64-42-34-59(35-43-64)57-22-12-8-13-23-57/h7-49H,1-6H3. The molecule has 11 aromatic carbocycles. The number of nitrogens with zero attached hydrogens (tertiary/aromatic N) is 3. The maximum absolute atomic E-state index is 2.44. The van der Waals surface area contributed by atoms with Crippen LogP contribution in [0.4, 0.5) is 51.2 Å². The van der Waals surface area contributed by atoms with Gasteiger partial charge in [-0.1, -0.05) is 176 Å². The van der Waals surface area contributed by atoms with E-state index in [1.807, 2.05) is 0 Å². The Morgan fingerprint density at radius 3 is 0.974 bits per heavy atom. The summed E-state index contributed by atoms with van der Waals surface area (Å²) in [5.41, 5.74) is 26.7. The molecule has 0 bridgehead atoms. The van der Waals surface area contributed by atoms with Gasteiger partial charge in [0.1, 0.15) is 0 Å². The largest absolute Gasteiger partial charge is 0.310 e. The van der Waals surface area contributed by atoms with E-state index in [0.717, 1.165) is 39.8 Å². The zero-order valence-corrected chi connectivity index (χ0v) is 44.2. The molecule has 368 valence electrons. The van der Waals surface area contributed by atoms with E-state index in [1.165, 1.54) is 89.3 Å². The molecule has 1 aliphatic heterocycles. The summed E-state index contributed by atoms with van der Waals surface area (Å²) in [6, 6.07) is 96.1. The van der Waals surface area contributed by atoms with Gasteiger partial charge in [-0.2, -0.15) is 0 Å². The topological polar surface area (TPSA) is 9.72 Å². The predicted octanol–water partition coefficient (Wildman–Crippen LogP) is 20.0. The third-order valence-electron chi connectivity index (χ3n) is 16.2. The van der Waals surface area contributed by atoms with Crippen LogP contribution in [0.3, 0.4) is 0 Å². The quantitative estimate of drug-likeness (QED) is 0.128. The van der Waals surface area contributed by atoms with Crippen molar-refractivity contribution in [2.45, 2.75) is 47.0 Å². The Morgan fingerprint density at radius 1 is 0.276 bits per heavy atom. The van der Waals surface area contributed by atoms with Gasteiger partial charge in [-0.05, 0) is 204 Å². The molecule has 0 aliphatic carbocycles. The molecular formula is C73H61N3. The summed E-state index contributed by atoms with van der Waals surface area (Å²) in [5.74, 6) is 0. The van der Waals surface area contributed by atoms with Crippen LogP contribution in [0.5, 0.6) is 0 Å². The second kappa shape index (κ2) is 19.9. The molecule has 0 radical (unpaired) electrons. The van der Waals surface area contributed by atoms with Gasteiger partial charge in [-0.15, -0.1) is 0 Å². The molecule has 0 amide bonds. The highest BCUT2D eigenvalue weighted by atomic mass is 15.2. The Morgan fingerprint density at radius 2 is 0.592 bits per heavy atom. The molecule has 3 heteroatoms. The molecule has 12 rings (SSSR count). The summed E-state index contributed by atoms with van der Waals surface area (Å²) in [6.07, 6.45) is 0. The molecule has 0 N–H and O–H groups in total. The lowest BCUT2D eigenvalue weighted by Crippen LogP contribution is -2.37. The first-order chi connectivity index (χ1) is 37.2. The van der Waals surface area contributed by atoms with Gasteiger partial charge in [0, 0.05) is 39.8 Å². The first kappa shape index (κ1) is 47.8. The van der Waals surface area contributed by atoms with E-state index in [0.29, 0.717) is 0 Å². The minimum Gasteiger partial charge on any atom is -0.310 e. The van der Waals surface area contributed by atoms with Gasteiger partial charge in [0.25, 0.3) is 0 Å². The molecule has 0 atom stereocenters. The monoisotopic (exact) mass is 979 g/mol. The number of benzene rings is 11. The average Bonchev–Trinajstić information content (AvgIpc) is 3.67. The van der Waals surface area contributed by atoms with Gasteiger partial charge in [0.2, 0.25) is 0 Å². The van der Waals surface area contributed by atoms with Crippen molar-refractivity contribution in [1.82, 2.24) is 0 Å². The lowest BCUT2D eigenvalue weighted by Gasteiger charge is -2.46. The Hall–Kier alpha value is -9.18. The molecule has 1 heterocycles. The summed E-state index contributed by atoms with van der Waals surface area (Å²) in [6.45, 7) is 13.4. The molecule has 0 unspecified atom stereocenters. The highest BCUT2D eigenvalue weighted by Crippen LogP contribution is 2.58. The molecule has 0 saturated carbocycles. The average molecular weight is 980 g/mol. The van der Waals surface area contributed by atoms with E-state index < -0.39 is 5.41 Å². The van der Waals surface area contributed by atoms with Crippen LogP contribution in [-0.4, -0.2) is 0 Å². The third kappa shape index (κ3) is 8.26. The molecule has 0 aromatic heterocycles.